The van der Waals surface area contributed by atoms with Gasteiger partial charge in [0, 0.05) is 18.6 Å². The quantitative estimate of drug-likeness (QED) is 0.713. The van der Waals surface area contributed by atoms with Crippen molar-refractivity contribution in [3.63, 3.8) is 0 Å². The lowest BCUT2D eigenvalue weighted by Gasteiger charge is -2.31. The number of hydroxylamine groups is 2. The SMILES string of the molecule is CC(C)(C)OC(=O)N1C(C(=O)ON2C(=O)CCC2=O)CSC1c1ccccc1. The predicted molar refractivity (Wildman–Crippen MR) is 101 cm³/mol. The second kappa shape index (κ2) is 7.83. The molecule has 2 unspecified atom stereocenters. The van der Waals surface area contributed by atoms with Gasteiger partial charge < -0.3 is 9.57 Å². The van der Waals surface area contributed by atoms with Gasteiger partial charge in [0.25, 0.3) is 11.8 Å². The largest absolute Gasteiger partial charge is 0.444 e. The summed E-state index contributed by atoms with van der Waals surface area (Å²) in [7, 11) is 0. The van der Waals surface area contributed by atoms with Crippen LogP contribution < -0.4 is 0 Å². The van der Waals surface area contributed by atoms with E-state index in [-0.39, 0.29) is 18.6 Å². The normalized spacial score (nSPS) is 22.5. The zero-order chi connectivity index (χ0) is 20.5. The minimum absolute atomic E-state index is 0.00789. The monoisotopic (exact) mass is 406 g/mol. The Kier molecular flexibility index (Phi) is 5.64. The number of ether oxygens (including phenoxy) is 1. The number of benzene rings is 1. The van der Waals surface area contributed by atoms with Gasteiger partial charge in [0.15, 0.2) is 0 Å². The zero-order valence-corrected chi connectivity index (χ0v) is 16.7. The molecule has 0 aromatic heterocycles. The average Bonchev–Trinajstić information content (AvgIpc) is 3.20. The minimum Gasteiger partial charge on any atom is -0.444 e. The van der Waals surface area contributed by atoms with E-state index in [0.717, 1.165) is 5.56 Å². The molecule has 0 aliphatic carbocycles. The Bertz CT molecular complexity index is 775. The molecule has 0 radical (unpaired) electrons. The number of hydrogen-bond acceptors (Lipinski definition) is 7. The highest BCUT2D eigenvalue weighted by molar-refractivity contribution is 7.99. The Hall–Kier alpha value is -2.55. The molecule has 0 N–H and O–H groups in total. The fraction of sp³-hybridized carbons (Fsp3) is 0.474. The number of rotatable bonds is 3. The first-order chi connectivity index (χ1) is 13.2. The van der Waals surface area contributed by atoms with Crippen LogP contribution in [-0.2, 0) is 24.0 Å². The van der Waals surface area contributed by atoms with Crippen molar-refractivity contribution in [2.75, 3.05) is 5.75 Å². The summed E-state index contributed by atoms with van der Waals surface area (Å²) < 4.78 is 5.48. The van der Waals surface area contributed by atoms with Gasteiger partial charge in [0.05, 0.1) is 0 Å². The maximum atomic E-state index is 12.9. The number of hydrogen-bond donors (Lipinski definition) is 0. The Balaban J connectivity index is 1.84. The molecule has 9 heteroatoms. The van der Waals surface area contributed by atoms with Crippen LogP contribution in [0.5, 0.6) is 0 Å². The van der Waals surface area contributed by atoms with Gasteiger partial charge >= 0.3 is 12.1 Å². The molecule has 2 aliphatic rings. The molecule has 3 amide bonds. The fourth-order valence-corrected chi connectivity index (χ4v) is 4.31. The summed E-state index contributed by atoms with van der Waals surface area (Å²) in [5.41, 5.74) is 0.0861. The van der Waals surface area contributed by atoms with Crippen LogP contribution in [-0.4, -0.2) is 51.2 Å². The highest BCUT2D eigenvalue weighted by Gasteiger charge is 2.47. The van der Waals surface area contributed by atoms with E-state index in [1.165, 1.54) is 16.7 Å². The van der Waals surface area contributed by atoms with Crippen LogP contribution in [0.25, 0.3) is 0 Å². The minimum atomic E-state index is -0.980. The van der Waals surface area contributed by atoms with Crippen molar-refractivity contribution in [1.29, 1.82) is 0 Å². The first-order valence-electron chi connectivity index (χ1n) is 8.93. The van der Waals surface area contributed by atoms with Gasteiger partial charge in [-0.25, -0.2) is 9.59 Å². The molecule has 2 aliphatic heterocycles. The number of nitrogens with zero attached hydrogens (tertiary/aromatic N) is 2. The maximum Gasteiger partial charge on any atom is 0.412 e. The molecule has 0 bridgehead atoms. The Labute approximate surface area is 167 Å². The van der Waals surface area contributed by atoms with Crippen LogP contribution in [0, 0.1) is 0 Å². The summed E-state index contributed by atoms with van der Waals surface area (Å²) in [6, 6.07) is 8.28. The maximum absolute atomic E-state index is 12.9. The first-order valence-corrected chi connectivity index (χ1v) is 9.98. The van der Waals surface area contributed by atoms with Crippen LogP contribution in [0.1, 0.15) is 44.6 Å². The summed E-state index contributed by atoms with van der Waals surface area (Å²) in [5, 5.41) is 0.0504. The van der Waals surface area contributed by atoms with E-state index in [2.05, 4.69) is 0 Å². The van der Waals surface area contributed by atoms with Crippen molar-refractivity contribution < 1.29 is 28.8 Å². The van der Waals surface area contributed by atoms with Gasteiger partial charge in [-0.2, -0.15) is 0 Å². The van der Waals surface area contributed by atoms with E-state index in [9.17, 15) is 19.2 Å². The summed E-state index contributed by atoms with van der Waals surface area (Å²) in [4.78, 5) is 55.4. The van der Waals surface area contributed by atoms with Crippen LogP contribution in [0.2, 0.25) is 0 Å². The molecule has 1 aromatic rings. The van der Waals surface area contributed by atoms with Crippen molar-refractivity contribution in [2.24, 2.45) is 0 Å². The van der Waals surface area contributed by atoms with Crippen molar-refractivity contribution >= 4 is 35.6 Å². The van der Waals surface area contributed by atoms with Crippen LogP contribution in [0.3, 0.4) is 0 Å². The number of amides is 3. The highest BCUT2D eigenvalue weighted by atomic mass is 32.2. The lowest BCUT2D eigenvalue weighted by Crippen LogP contribution is -2.48. The molecule has 8 nitrogen and oxygen atoms in total. The third-order valence-electron chi connectivity index (χ3n) is 4.15. The van der Waals surface area contributed by atoms with Gasteiger partial charge in [-0.05, 0) is 26.3 Å². The second-order valence-electron chi connectivity index (χ2n) is 7.49. The van der Waals surface area contributed by atoms with Gasteiger partial charge in [0.1, 0.15) is 17.0 Å². The van der Waals surface area contributed by atoms with Crippen molar-refractivity contribution in [1.82, 2.24) is 9.96 Å². The molecule has 0 spiro atoms. The molecule has 150 valence electrons. The van der Waals surface area contributed by atoms with E-state index in [4.69, 9.17) is 9.57 Å². The summed E-state index contributed by atoms with van der Waals surface area (Å²) in [6.45, 7) is 5.21. The van der Waals surface area contributed by atoms with Crippen molar-refractivity contribution in [2.45, 2.75) is 50.6 Å². The van der Waals surface area contributed by atoms with Gasteiger partial charge in [-0.3, -0.25) is 14.5 Å². The topological polar surface area (TPSA) is 93.2 Å². The fourth-order valence-electron chi connectivity index (χ4n) is 2.91. The molecule has 2 atom stereocenters. The molecule has 28 heavy (non-hydrogen) atoms. The van der Waals surface area contributed by atoms with E-state index in [0.29, 0.717) is 5.06 Å². The van der Waals surface area contributed by atoms with E-state index in [1.54, 1.807) is 20.8 Å². The van der Waals surface area contributed by atoms with Crippen LogP contribution in [0.4, 0.5) is 4.79 Å². The summed E-state index contributed by atoms with van der Waals surface area (Å²) >= 11 is 1.39. The Morgan fingerprint density at radius 3 is 2.25 bits per heavy atom. The first kappa shape index (κ1) is 20.2. The van der Waals surface area contributed by atoms with Gasteiger partial charge in [-0.15, -0.1) is 16.8 Å². The molecule has 3 rings (SSSR count). The molecule has 2 heterocycles. The van der Waals surface area contributed by atoms with E-state index in [1.807, 2.05) is 30.3 Å². The smallest absolute Gasteiger partial charge is 0.412 e. The Morgan fingerprint density at radius 1 is 1.07 bits per heavy atom. The molecule has 2 fully saturated rings. The highest BCUT2D eigenvalue weighted by Crippen LogP contribution is 2.42. The van der Waals surface area contributed by atoms with Crippen LogP contribution in [0.15, 0.2) is 30.3 Å². The molecular weight excluding hydrogens is 384 g/mol. The van der Waals surface area contributed by atoms with Crippen molar-refractivity contribution in [3.05, 3.63) is 35.9 Å². The molecule has 0 saturated carbocycles. The van der Waals surface area contributed by atoms with Gasteiger partial charge in [-0.1, -0.05) is 30.3 Å². The summed E-state index contributed by atoms with van der Waals surface area (Å²) in [5.74, 6) is -1.70. The standard InChI is InChI=1S/C19H22N2O6S/c1-19(2,3)26-18(25)20-13(11-28-16(20)12-7-5-4-6-8-12)17(24)27-21-14(22)9-10-15(21)23/h4-8,13,16H,9-11H2,1-3H3. The number of thioether (sulfide) groups is 1. The average molecular weight is 406 g/mol. The molecular formula is C19H22N2O6S. The van der Waals surface area contributed by atoms with Crippen molar-refractivity contribution in [3.8, 4) is 0 Å². The lowest BCUT2D eigenvalue weighted by atomic mass is 10.2. The number of carbonyl (C=O) groups is 4. The number of imide groups is 1. The lowest BCUT2D eigenvalue weighted by molar-refractivity contribution is -0.200. The second-order valence-corrected chi connectivity index (χ2v) is 8.61. The third-order valence-corrected chi connectivity index (χ3v) is 5.47. The van der Waals surface area contributed by atoms with Crippen LogP contribution >= 0.6 is 11.8 Å². The van der Waals surface area contributed by atoms with E-state index < -0.39 is 40.9 Å². The number of carbonyl (C=O) groups excluding carboxylic acids is 4. The molecule has 2 saturated heterocycles. The molecule has 1 aromatic carbocycles. The Morgan fingerprint density at radius 2 is 1.68 bits per heavy atom. The summed E-state index contributed by atoms with van der Waals surface area (Å²) in [6.07, 6.45) is -0.644. The zero-order valence-electron chi connectivity index (χ0n) is 15.9. The van der Waals surface area contributed by atoms with E-state index >= 15 is 0 Å². The van der Waals surface area contributed by atoms with Gasteiger partial charge in [0.2, 0.25) is 0 Å². The third kappa shape index (κ3) is 4.30. The predicted octanol–water partition coefficient (Wildman–Crippen LogP) is 2.64.